The smallest absolute Gasteiger partial charge is 0.310 e. The van der Waals surface area contributed by atoms with Crippen molar-refractivity contribution in [3.05, 3.63) is 29.8 Å². The minimum atomic E-state index is -0.382. The number of unbranched alkanes of at least 4 members (excludes halogenated alkanes) is 8. The van der Waals surface area contributed by atoms with Crippen molar-refractivity contribution in [2.45, 2.75) is 90.4 Å². The molecule has 7 heteroatoms. The number of carbonyl (C=O) groups excluding carboxylic acids is 3. The first-order valence-electron chi connectivity index (χ1n) is 11.5. The van der Waals surface area contributed by atoms with Gasteiger partial charge in [-0.1, -0.05) is 64.0 Å². The Bertz CT molecular complexity index is 646. The van der Waals surface area contributed by atoms with Crippen LogP contribution in [0.4, 0.5) is 5.69 Å². The molecule has 0 unspecified atom stereocenters. The number of hydrogen-bond acceptors (Lipinski definition) is 5. The van der Waals surface area contributed by atoms with Crippen molar-refractivity contribution in [3.63, 3.8) is 0 Å². The molecule has 1 rings (SSSR count). The van der Waals surface area contributed by atoms with Gasteiger partial charge in [-0.25, -0.2) is 5.48 Å². The fourth-order valence-electron chi connectivity index (χ4n) is 3.20. The van der Waals surface area contributed by atoms with Crippen molar-refractivity contribution in [2.24, 2.45) is 0 Å². The van der Waals surface area contributed by atoms with Gasteiger partial charge in [0.15, 0.2) is 0 Å². The lowest BCUT2D eigenvalue weighted by Gasteiger charge is -2.08. The number of carbonyl (C=O) groups is 3. The van der Waals surface area contributed by atoms with E-state index in [0.29, 0.717) is 31.6 Å². The van der Waals surface area contributed by atoms with Crippen molar-refractivity contribution in [2.75, 3.05) is 11.9 Å². The van der Waals surface area contributed by atoms with E-state index in [0.717, 1.165) is 37.7 Å². The Hall–Kier alpha value is -2.41. The van der Waals surface area contributed by atoms with Gasteiger partial charge in [0.1, 0.15) is 0 Å². The molecule has 0 saturated heterocycles. The van der Waals surface area contributed by atoms with Crippen LogP contribution in [0.1, 0.15) is 89.5 Å². The highest BCUT2D eigenvalue weighted by atomic mass is 16.5. The third-order valence-corrected chi connectivity index (χ3v) is 5.03. The summed E-state index contributed by atoms with van der Waals surface area (Å²) in [6.07, 6.45) is 11.0. The molecule has 3 N–H and O–H groups in total. The standard InChI is InChI=1S/C24H38N2O5/c1-2-3-4-5-8-11-18-31-24(29)19-20-14-16-21(17-15-20)25-22(27)12-9-6-7-10-13-23(28)26-30/h14-17,30H,2-13,18-19H2,1H3,(H,25,27)(H,26,28). The van der Waals surface area contributed by atoms with Crippen LogP contribution in [0.25, 0.3) is 0 Å². The molecule has 7 nitrogen and oxygen atoms in total. The van der Waals surface area contributed by atoms with Gasteiger partial charge in [0.05, 0.1) is 13.0 Å². The number of anilines is 1. The zero-order valence-corrected chi connectivity index (χ0v) is 18.8. The lowest BCUT2D eigenvalue weighted by molar-refractivity contribution is -0.143. The topological polar surface area (TPSA) is 105 Å². The number of ether oxygens (including phenoxy) is 1. The normalized spacial score (nSPS) is 10.5. The Morgan fingerprint density at radius 3 is 2.03 bits per heavy atom. The molecular weight excluding hydrogens is 396 g/mol. The molecule has 31 heavy (non-hydrogen) atoms. The van der Waals surface area contributed by atoms with E-state index in [-0.39, 0.29) is 24.2 Å². The number of hydrogen-bond donors (Lipinski definition) is 3. The molecule has 0 heterocycles. The molecule has 0 spiro atoms. The number of esters is 1. The summed E-state index contributed by atoms with van der Waals surface area (Å²) in [5.74, 6) is -0.659. The average Bonchev–Trinajstić information content (AvgIpc) is 2.76. The fourth-order valence-corrected chi connectivity index (χ4v) is 3.20. The lowest BCUT2D eigenvalue weighted by atomic mass is 10.1. The third-order valence-electron chi connectivity index (χ3n) is 5.03. The van der Waals surface area contributed by atoms with E-state index in [2.05, 4.69) is 12.2 Å². The molecule has 0 aliphatic rings. The van der Waals surface area contributed by atoms with Gasteiger partial charge in [-0.15, -0.1) is 0 Å². The lowest BCUT2D eigenvalue weighted by Crippen LogP contribution is -2.17. The summed E-state index contributed by atoms with van der Waals surface area (Å²) in [6.45, 7) is 2.67. The van der Waals surface area contributed by atoms with E-state index in [4.69, 9.17) is 9.94 Å². The van der Waals surface area contributed by atoms with Crippen LogP contribution in [0, 0.1) is 0 Å². The Kier molecular flexibility index (Phi) is 14.8. The van der Waals surface area contributed by atoms with Gasteiger partial charge in [-0.2, -0.15) is 0 Å². The predicted molar refractivity (Wildman–Crippen MR) is 121 cm³/mol. The maximum Gasteiger partial charge on any atom is 0.310 e. The SMILES string of the molecule is CCCCCCCCOC(=O)Cc1ccc(NC(=O)CCCCCCC(=O)NO)cc1. The number of hydroxylamine groups is 1. The number of nitrogens with one attached hydrogen (secondary N) is 2. The van der Waals surface area contributed by atoms with Crippen LogP contribution < -0.4 is 10.8 Å². The monoisotopic (exact) mass is 434 g/mol. The minimum absolute atomic E-state index is 0.0563. The maximum absolute atomic E-state index is 12.0. The summed E-state index contributed by atoms with van der Waals surface area (Å²) in [6, 6.07) is 7.24. The van der Waals surface area contributed by atoms with Gasteiger partial charge < -0.3 is 10.1 Å². The van der Waals surface area contributed by atoms with Crippen LogP contribution >= 0.6 is 0 Å². The second kappa shape index (κ2) is 17.3. The van der Waals surface area contributed by atoms with Gasteiger partial charge >= 0.3 is 5.97 Å². The van der Waals surface area contributed by atoms with E-state index in [1.165, 1.54) is 25.7 Å². The highest BCUT2D eigenvalue weighted by Gasteiger charge is 2.07. The van der Waals surface area contributed by atoms with Gasteiger partial charge in [0.25, 0.3) is 0 Å². The third kappa shape index (κ3) is 14.3. The second-order valence-corrected chi connectivity index (χ2v) is 7.86. The van der Waals surface area contributed by atoms with Gasteiger partial charge in [0.2, 0.25) is 11.8 Å². The van der Waals surface area contributed by atoms with Crippen LogP contribution in [-0.2, 0) is 25.5 Å². The van der Waals surface area contributed by atoms with Crippen molar-refractivity contribution < 1.29 is 24.3 Å². The number of amides is 2. The summed E-state index contributed by atoms with van der Waals surface area (Å²) in [5.41, 5.74) is 3.17. The van der Waals surface area contributed by atoms with E-state index in [1.807, 2.05) is 12.1 Å². The zero-order valence-electron chi connectivity index (χ0n) is 18.8. The molecule has 2 amide bonds. The summed E-state index contributed by atoms with van der Waals surface area (Å²) in [7, 11) is 0. The Morgan fingerprint density at radius 2 is 1.39 bits per heavy atom. The Balaban J connectivity index is 2.15. The molecule has 0 fully saturated rings. The molecule has 0 radical (unpaired) electrons. The van der Waals surface area contributed by atoms with Crippen LogP contribution in [0.15, 0.2) is 24.3 Å². The molecule has 1 aromatic carbocycles. The van der Waals surface area contributed by atoms with Crippen LogP contribution in [0.5, 0.6) is 0 Å². The maximum atomic E-state index is 12.0. The van der Waals surface area contributed by atoms with Crippen LogP contribution in [0.3, 0.4) is 0 Å². The largest absolute Gasteiger partial charge is 0.465 e. The van der Waals surface area contributed by atoms with E-state index in [1.54, 1.807) is 17.6 Å². The molecular formula is C24H38N2O5. The average molecular weight is 435 g/mol. The number of benzene rings is 1. The second-order valence-electron chi connectivity index (χ2n) is 7.86. The van der Waals surface area contributed by atoms with Crippen LogP contribution in [-0.4, -0.2) is 29.6 Å². The van der Waals surface area contributed by atoms with Crippen LogP contribution in [0.2, 0.25) is 0 Å². The van der Waals surface area contributed by atoms with Gasteiger partial charge in [0, 0.05) is 18.5 Å². The Labute approximate surface area is 185 Å². The molecule has 0 aliphatic carbocycles. The molecule has 0 saturated carbocycles. The molecule has 1 aromatic rings. The molecule has 0 bridgehead atoms. The highest BCUT2D eigenvalue weighted by molar-refractivity contribution is 5.90. The first-order valence-corrected chi connectivity index (χ1v) is 11.5. The molecule has 0 aliphatic heterocycles. The minimum Gasteiger partial charge on any atom is -0.465 e. The number of rotatable bonds is 17. The van der Waals surface area contributed by atoms with Crippen molar-refractivity contribution in [1.29, 1.82) is 0 Å². The fraction of sp³-hybridized carbons (Fsp3) is 0.625. The van der Waals surface area contributed by atoms with E-state index < -0.39 is 0 Å². The van der Waals surface area contributed by atoms with Gasteiger partial charge in [-0.3, -0.25) is 19.6 Å². The molecule has 0 aromatic heterocycles. The highest BCUT2D eigenvalue weighted by Crippen LogP contribution is 2.13. The Morgan fingerprint density at radius 1 is 0.806 bits per heavy atom. The van der Waals surface area contributed by atoms with E-state index in [9.17, 15) is 14.4 Å². The quantitative estimate of drug-likeness (QED) is 0.140. The first-order chi connectivity index (χ1) is 15.0. The van der Waals surface area contributed by atoms with Crippen molar-refractivity contribution >= 4 is 23.5 Å². The van der Waals surface area contributed by atoms with Gasteiger partial charge in [-0.05, 0) is 37.0 Å². The summed E-state index contributed by atoms with van der Waals surface area (Å²) in [4.78, 5) is 34.8. The van der Waals surface area contributed by atoms with Crippen molar-refractivity contribution in [3.8, 4) is 0 Å². The zero-order chi connectivity index (χ0) is 22.7. The predicted octanol–water partition coefficient (Wildman–Crippen LogP) is 4.92. The van der Waals surface area contributed by atoms with E-state index >= 15 is 0 Å². The summed E-state index contributed by atoms with van der Waals surface area (Å²) >= 11 is 0. The molecule has 0 atom stereocenters. The molecule has 174 valence electrons. The summed E-state index contributed by atoms with van der Waals surface area (Å²) < 4.78 is 5.30. The summed E-state index contributed by atoms with van der Waals surface area (Å²) in [5, 5.41) is 11.3. The first kappa shape index (κ1) is 26.6. The van der Waals surface area contributed by atoms with Crippen molar-refractivity contribution in [1.82, 2.24) is 5.48 Å².